The minimum absolute atomic E-state index is 0.590. The van der Waals surface area contributed by atoms with Crippen molar-refractivity contribution in [3.05, 3.63) is 45.5 Å². The van der Waals surface area contributed by atoms with Crippen LogP contribution in [-0.4, -0.2) is 0 Å². The average molecular weight is 200 g/mol. The summed E-state index contributed by atoms with van der Waals surface area (Å²) in [6.45, 7) is 11.3. The number of benzene rings is 1. The van der Waals surface area contributed by atoms with Gasteiger partial charge in [-0.05, 0) is 73.4 Å². The largest absolute Gasteiger partial charge is 0.0835 e. The summed E-state index contributed by atoms with van der Waals surface area (Å²) in [7, 11) is 0. The van der Waals surface area contributed by atoms with Gasteiger partial charge in [-0.25, -0.2) is 0 Å². The monoisotopic (exact) mass is 200 g/mol. The van der Waals surface area contributed by atoms with E-state index in [-0.39, 0.29) is 0 Å². The molecule has 0 spiro atoms. The summed E-state index contributed by atoms with van der Waals surface area (Å²) in [5.41, 5.74) is 9.13. The van der Waals surface area contributed by atoms with Gasteiger partial charge in [-0.1, -0.05) is 19.1 Å². The SMILES string of the molecule is Cc1c(C)c(C)c2c(c1C)CC=CC2C. The average Bonchev–Trinajstić information content (AvgIpc) is 2.23. The van der Waals surface area contributed by atoms with Crippen molar-refractivity contribution < 1.29 is 0 Å². The van der Waals surface area contributed by atoms with Crippen molar-refractivity contribution in [1.29, 1.82) is 0 Å². The van der Waals surface area contributed by atoms with Crippen molar-refractivity contribution in [3.63, 3.8) is 0 Å². The zero-order valence-corrected chi connectivity index (χ0v) is 10.4. The lowest BCUT2D eigenvalue weighted by atomic mass is 9.79. The first-order valence-corrected chi connectivity index (χ1v) is 5.79. The Morgan fingerprint density at radius 1 is 0.933 bits per heavy atom. The fraction of sp³-hybridized carbons (Fsp3) is 0.467. The molecule has 0 heterocycles. The Morgan fingerprint density at radius 2 is 1.53 bits per heavy atom. The standard InChI is InChI=1S/C15H20/c1-9-7-6-8-14-12(4)10(2)11(3)13(5)15(9)14/h6-7,9H,8H2,1-5H3. The highest BCUT2D eigenvalue weighted by molar-refractivity contribution is 5.54. The third-order valence-corrected chi connectivity index (χ3v) is 4.07. The number of hydrogen-bond acceptors (Lipinski definition) is 0. The van der Waals surface area contributed by atoms with Crippen LogP contribution in [-0.2, 0) is 6.42 Å². The van der Waals surface area contributed by atoms with E-state index in [1.54, 1.807) is 11.1 Å². The summed E-state index contributed by atoms with van der Waals surface area (Å²) < 4.78 is 0. The van der Waals surface area contributed by atoms with Crippen molar-refractivity contribution in [2.45, 2.75) is 47.0 Å². The molecule has 0 nitrogen and oxygen atoms in total. The predicted octanol–water partition coefficient (Wildman–Crippen LogP) is 4.14. The maximum atomic E-state index is 2.34. The van der Waals surface area contributed by atoms with Crippen molar-refractivity contribution in [3.8, 4) is 0 Å². The van der Waals surface area contributed by atoms with Gasteiger partial charge in [-0.3, -0.25) is 0 Å². The van der Waals surface area contributed by atoms with Gasteiger partial charge < -0.3 is 0 Å². The molecule has 0 radical (unpaired) electrons. The molecule has 0 saturated carbocycles. The smallest absolute Gasteiger partial charge is 0.000466 e. The molecule has 0 fully saturated rings. The van der Waals surface area contributed by atoms with Crippen LogP contribution in [0.2, 0.25) is 0 Å². The Bertz CT molecular complexity index is 436. The first-order valence-electron chi connectivity index (χ1n) is 5.79. The molecule has 0 amide bonds. The molecular formula is C15H20. The summed E-state index contributed by atoms with van der Waals surface area (Å²) >= 11 is 0. The Labute approximate surface area is 93.0 Å². The van der Waals surface area contributed by atoms with Gasteiger partial charge in [0, 0.05) is 0 Å². The third kappa shape index (κ3) is 1.43. The molecule has 0 aliphatic heterocycles. The number of fused-ring (bicyclic) bond motifs is 1. The highest BCUT2D eigenvalue weighted by Gasteiger charge is 2.19. The molecule has 0 bridgehead atoms. The maximum absolute atomic E-state index is 2.34. The highest BCUT2D eigenvalue weighted by atomic mass is 14.2. The normalized spacial score (nSPS) is 19.1. The van der Waals surface area contributed by atoms with Crippen LogP contribution in [0.4, 0.5) is 0 Å². The van der Waals surface area contributed by atoms with E-state index >= 15 is 0 Å². The number of rotatable bonds is 0. The molecule has 1 aromatic rings. The molecule has 1 unspecified atom stereocenters. The van der Waals surface area contributed by atoms with E-state index in [0.717, 1.165) is 6.42 Å². The molecule has 0 saturated heterocycles. The van der Waals surface area contributed by atoms with Gasteiger partial charge in [0.25, 0.3) is 0 Å². The van der Waals surface area contributed by atoms with E-state index in [0.29, 0.717) is 5.92 Å². The lowest BCUT2D eigenvalue weighted by Gasteiger charge is -2.25. The van der Waals surface area contributed by atoms with E-state index in [1.807, 2.05) is 0 Å². The zero-order valence-electron chi connectivity index (χ0n) is 10.4. The van der Waals surface area contributed by atoms with E-state index in [4.69, 9.17) is 0 Å². The summed E-state index contributed by atoms with van der Waals surface area (Å²) in [4.78, 5) is 0. The van der Waals surface area contributed by atoms with Crippen LogP contribution in [0.5, 0.6) is 0 Å². The van der Waals surface area contributed by atoms with Crippen molar-refractivity contribution >= 4 is 0 Å². The second-order valence-corrected chi connectivity index (χ2v) is 4.81. The topological polar surface area (TPSA) is 0 Å². The first kappa shape index (κ1) is 10.5. The maximum Gasteiger partial charge on any atom is -0.000466 e. The second kappa shape index (κ2) is 3.52. The zero-order chi connectivity index (χ0) is 11.2. The molecule has 1 aromatic carbocycles. The molecule has 1 aliphatic carbocycles. The van der Waals surface area contributed by atoms with Crippen molar-refractivity contribution in [1.82, 2.24) is 0 Å². The van der Waals surface area contributed by atoms with Gasteiger partial charge in [-0.2, -0.15) is 0 Å². The van der Waals surface area contributed by atoms with Gasteiger partial charge in [0.05, 0.1) is 0 Å². The molecule has 1 atom stereocenters. The van der Waals surface area contributed by atoms with Gasteiger partial charge in [0.2, 0.25) is 0 Å². The molecule has 80 valence electrons. The Hall–Kier alpha value is -1.04. The van der Waals surface area contributed by atoms with E-state index in [2.05, 4.69) is 46.8 Å². The van der Waals surface area contributed by atoms with Gasteiger partial charge in [0.15, 0.2) is 0 Å². The fourth-order valence-electron chi connectivity index (χ4n) is 2.78. The van der Waals surface area contributed by atoms with Crippen LogP contribution in [0.15, 0.2) is 12.2 Å². The van der Waals surface area contributed by atoms with Crippen molar-refractivity contribution in [2.24, 2.45) is 0 Å². The second-order valence-electron chi connectivity index (χ2n) is 4.81. The Balaban J connectivity index is 2.78. The minimum atomic E-state index is 0.590. The number of hydrogen-bond donors (Lipinski definition) is 0. The predicted molar refractivity (Wildman–Crippen MR) is 66.6 cm³/mol. The van der Waals surface area contributed by atoms with Crippen LogP contribution in [0.25, 0.3) is 0 Å². The lowest BCUT2D eigenvalue weighted by Crippen LogP contribution is -2.10. The summed E-state index contributed by atoms with van der Waals surface area (Å²) in [5.74, 6) is 0.590. The minimum Gasteiger partial charge on any atom is -0.0835 e. The quantitative estimate of drug-likeness (QED) is 0.552. The van der Waals surface area contributed by atoms with E-state index in [9.17, 15) is 0 Å². The molecule has 15 heavy (non-hydrogen) atoms. The molecule has 0 N–H and O–H groups in total. The molecular weight excluding hydrogens is 180 g/mol. The Morgan fingerprint density at radius 3 is 2.20 bits per heavy atom. The van der Waals surface area contributed by atoms with E-state index in [1.165, 1.54) is 22.3 Å². The van der Waals surface area contributed by atoms with Crippen LogP contribution in [0.3, 0.4) is 0 Å². The van der Waals surface area contributed by atoms with Gasteiger partial charge >= 0.3 is 0 Å². The molecule has 1 aliphatic rings. The fourth-order valence-corrected chi connectivity index (χ4v) is 2.78. The van der Waals surface area contributed by atoms with Crippen molar-refractivity contribution in [2.75, 3.05) is 0 Å². The van der Waals surface area contributed by atoms with Crippen LogP contribution >= 0.6 is 0 Å². The summed E-state index contributed by atoms with van der Waals surface area (Å²) in [6, 6.07) is 0. The van der Waals surface area contributed by atoms with Crippen LogP contribution in [0, 0.1) is 27.7 Å². The molecule has 2 rings (SSSR count). The first-order chi connectivity index (χ1) is 7.04. The Kier molecular flexibility index (Phi) is 2.46. The number of allylic oxidation sites excluding steroid dienone is 2. The van der Waals surface area contributed by atoms with Gasteiger partial charge in [0.1, 0.15) is 0 Å². The summed E-state index contributed by atoms with van der Waals surface area (Å²) in [5, 5.41) is 0. The van der Waals surface area contributed by atoms with Crippen LogP contribution < -0.4 is 0 Å². The lowest BCUT2D eigenvalue weighted by molar-refractivity contribution is 0.878. The third-order valence-electron chi connectivity index (χ3n) is 4.07. The molecule has 0 aromatic heterocycles. The van der Waals surface area contributed by atoms with Crippen LogP contribution in [0.1, 0.15) is 46.2 Å². The summed E-state index contributed by atoms with van der Waals surface area (Å²) in [6.07, 6.45) is 5.77. The highest BCUT2D eigenvalue weighted by Crippen LogP contribution is 2.35. The van der Waals surface area contributed by atoms with Gasteiger partial charge in [-0.15, -0.1) is 0 Å². The molecule has 0 heteroatoms. The van der Waals surface area contributed by atoms with E-state index < -0.39 is 0 Å².